The van der Waals surface area contributed by atoms with Gasteiger partial charge in [-0.1, -0.05) is 30.3 Å². The van der Waals surface area contributed by atoms with Crippen LogP contribution < -0.4 is 5.43 Å². The number of phenols is 1. The summed E-state index contributed by atoms with van der Waals surface area (Å²) in [5, 5.41) is 13.2. The Balaban J connectivity index is 1.85. The molecule has 1 amide bonds. The number of carbonyl (C=O) groups excluding carboxylic acids is 1. The largest absolute Gasteiger partial charge is 0.508 e. The fourth-order valence-corrected chi connectivity index (χ4v) is 2.71. The van der Waals surface area contributed by atoms with Gasteiger partial charge in [-0.25, -0.2) is 5.43 Å². The van der Waals surface area contributed by atoms with Gasteiger partial charge in [0.1, 0.15) is 5.75 Å². The third-order valence-corrected chi connectivity index (χ3v) is 4.55. The molecule has 0 heterocycles. The van der Waals surface area contributed by atoms with Crippen LogP contribution in [0.1, 0.15) is 25.0 Å². The molecule has 0 aliphatic carbocycles. The van der Waals surface area contributed by atoms with Crippen LogP contribution in [-0.2, 0) is 10.5 Å². The molecular weight excluding hydrogens is 308 g/mol. The first-order chi connectivity index (χ1) is 11.1. The van der Waals surface area contributed by atoms with Crippen molar-refractivity contribution in [3.05, 3.63) is 65.7 Å². The smallest absolute Gasteiger partial charge is 0.252 e. The Labute approximate surface area is 140 Å². The molecule has 0 aliphatic rings. The van der Waals surface area contributed by atoms with Crippen molar-refractivity contribution in [1.29, 1.82) is 0 Å². The highest BCUT2D eigenvalue weighted by Gasteiger charge is 2.13. The minimum absolute atomic E-state index is 0.121. The molecule has 120 valence electrons. The number of aromatic hydroxyl groups is 1. The molecule has 2 aromatic rings. The summed E-state index contributed by atoms with van der Waals surface area (Å²) in [6, 6.07) is 16.8. The quantitative estimate of drug-likeness (QED) is 0.629. The predicted octanol–water partition coefficient (Wildman–Crippen LogP) is 3.55. The van der Waals surface area contributed by atoms with Crippen molar-refractivity contribution in [2.24, 2.45) is 5.10 Å². The fourth-order valence-electron chi connectivity index (χ4n) is 1.87. The molecule has 0 fully saturated rings. The normalized spacial score (nSPS) is 12.7. The van der Waals surface area contributed by atoms with Crippen LogP contribution in [0.3, 0.4) is 0 Å². The lowest BCUT2D eigenvalue weighted by atomic mass is 10.1. The van der Waals surface area contributed by atoms with Gasteiger partial charge in [0, 0.05) is 5.75 Å². The minimum Gasteiger partial charge on any atom is -0.508 e. The van der Waals surface area contributed by atoms with Crippen molar-refractivity contribution in [3.63, 3.8) is 0 Å². The van der Waals surface area contributed by atoms with E-state index in [1.54, 1.807) is 36.0 Å². The molecule has 1 atom stereocenters. The van der Waals surface area contributed by atoms with Crippen molar-refractivity contribution in [2.45, 2.75) is 24.9 Å². The zero-order valence-corrected chi connectivity index (χ0v) is 14.0. The molecule has 0 saturated carbocycles. The molecule has 0 saturated heterocycles. The van der Waals surface area contributed by atoms with Crippen LogP contribution in [0.25, 0.3) is 0 Å². The number of carbonyl (C=O) groups is 1. The second-order valence-corrected chi connectivity index (χ2v) is 6.49. The topological polar surface area (TPSA) is 61.7 Å². The Morgan fingerprint density at radius 2 is 1.83 bits per heavy atom. The van der Waals surface area contributed by atoms with Crippen LogP contribution in [0.15, 0.2) is 59.7 Å². The minimum atomic E-state index is -0.188. The number of rotatable bonds is 6. The van der Waals surface area contributed by atoms with Crippen LogP contribution in [0.4, 0.5) is 0 Å². The number of benzene rings is 2. The number of phenolic OH excluding ortho intramolecular Hbond substituents is 1. The van der Waals surface area contributed by atoms with Gasteiger partial charge in [0.2, 0.25) is 0 Å². The van der Waals surface area contributed by atoms with Gasteiger partial charge in [0.15, 0.2) is 0 Å². The summed E-state index contributed by atoms with van der Waals surface area (Å²) in [4.78, 5) is 12.1. The maximum absolute atomic E-state index is 12.1. The molecule has 2 N–H and O–H groups in total. The summed E-state index contributed by atoms with van der Waals surface area (Å²) in [7, 11) is 0. The number of amides is 1. The van der Waals surface area contributed by atoms with Gasteiger partial charge in [0.05, 0.1) is 11.0 Å². The van der Waals surface area contributed by atoms with Crippen LogP contribution in [0.5, 0.6) is 5.75 Å². The number of hydrazone groups is 1. The van der Waals surface area contributed by atoms with E-state index >= 15 is 0 Å². The summed E-state index contributed by atoms with van der Waals surface area (Å²) in [6.07, 6.45) is 0. The molecule has 4 nitrogen and oxygen atoms in total. The average molecular weight is 328 g/mol. The highest BCUT2D eigenvalue weighted by atomic mass is 32.2. The van der Waals surface area contributed by atoms with Gasteiger partial charge >= 0.3 is 0 Å². The van der Waals surface area contributed by atoms with E-state index in [4.69, 9.17) is 0 Å². The lowest BCUT2D eigenvalue weighted by Gasteiger charge is -2.10. The molecule has 23 heavy (non-hydrogen) atoms. The Hall–Kier alpha value is -2.27. The van der Waals surface area contributed by atoms with E-state index < -0.39 is 0 Å². The second-order valence-electron chi connectivity index (χ2n) is 5.16. The van der Waals surface area contributed by atoms with Crippen molar-refractivity contribution >= 4 is 23.4 Å². The molecule has 0 spiro atoms. The molecule has 0 aliphatic heterocycles. The summed E-state index contributed by atoms with van der Waals surface area (Å²) in [5.41, 5.74) is 5.34. The van der Waals surface area contributed by atoms with Gasteiger partial charge in [-0.2, -0.15) is 5.10 Å². The molecular formula is C18H20N2O2S. The van der Waals surface area contributed by atoms with Crippen LogP contribution in [0.2, 0.25) is 0 Å². The molecule has 0 bridgehead atoms. The van der Waals surface area contributed by atoms with Crippen molar-refractivity contribution in [1.82, 2.24) is 5.43 Å². The van der Waals surface area contributed by atoms with Crippen molar-refractivity contribution < 1.29 is 9.90 Å². The maximum Gasteiger partial charge on any atom is 0.252 e. The molecule has 2 rings (SSSR count). The predicted molar refractivity (Wildman–Crippen MR) is 95.7 cm³/mol. The van der Waals surface area contributed by atoms with Crippen LogP contribution in [-0.4, -0.2) is 22.0 Å². The summed E-state index contributed by atoms with van der Waals surface area (Å²) in [6.45, 7) is 3.68. The lowest BCUT2D eigenvalue weighted by Crippen LogP contribution is -2.27. The summed E-state index contributed by atoms with van der Waals surface area (Å²) in [5.74, 6) is 0.872. The number of nitrogens with one attached hydrogen (secondary N) is 1. The lowest BCUT2D eigenvalue weighted by molar-refractivity contribution is -0.120. The SMILES string of the molecule is C/C(=N\NC(=O)C(C)SCc1ccccc1)c1ccc(O)cc1. The van der Waals surface area contributed by atoms with Gasteiger partial charge < -0.3 is 5.11 Å². The summed E-state index contributed by atoms with van der Waals surface area (Å²) >= 11 is 1.57. The summed E-state index contributed by atoms with van der Waals surface area (Å²) < 4.78 is 0. The van der Waals surface area contributed by atoms with Crippen LogP contribution in [0, 0.1) is 0 Å². The second kappa shape index (κ2) is 8.39. The Morgan fingerprint density at radius 3 is 2.48 bits per heavy atom. The number of thioether (sulfide) groups is 1. The molecule has 0 radical (unpaired) electrons. The maximum atomic E-state index is 12.1. The first-order valence-electron chi connectivity index (χ1n) is 7.35. The van der Waals surface area contributed by atoms with E-state index in [0.29, 0.717) is 5.71 Å². The van der Waals surface area contributed by atoms with Gasteiger partial charge in [-0.15, -0.1) is 11.8 Å². The Morgan fingerprint density at radius 1 is 1.17 bits per heavy atom. The van der Waals surface area contributed by atoms with E-state index in [1.807, 2.05) is 44.2 Å². The molecule has 5 heteroatoms. The van der Waals surface area contributed by atoms with Gasteiger partial charge in [0.25, 0.3) is 5.91 Å². The third kappa shape index (κ3) is 5.45. The number of hydrogen-bond donors (Lipinski definition) is 2. The average Bonchev–Trinajstić information content (AvgIpc) is 2.58. The van der Waals surface area contributed by atoms with E-state index in [9.17, 15) is 9.90 Å². The third-order valence-electron chi connectivity index (χ3n) is 3.33. The Kier molecular flexibility index (Phi) is 6.23. The van der Waals surface area contributed by atoms with Crippen LogP contribution >= 0.6 is 11.8 Å². The molecule has 0 aromatic heterocycles. The highest BCUT2D eigenvalue weighted by molar-refractivity contribution is 7.99. The Bertz CT molecular complexity index is 669. The monoisotopic (exact) mass is 328 g/mol. The highest BCUT2D eigenvalue weighted by Crippen LogP contribution is 2.17. The first-order valence-corrected chi connectivity index (χ1v) is 8.40. The van der Waals surface area contributed by atoms with E-state index in [-0.39, 0.29) is 16.9 Å². The van der Waals surface area contributed by atoms with Gasteiger partial charge in [-0.3, -0.25) is 4.79 Å². The molecule has 2 aromatic carbocycles. The zero-order chi connectivity index (χ0) is 16.7. The van der Waals surface area contributed by atoms with Gasteiger partial charge in [-0.05, 0) is 49.2 Å². The first kappa shape index (κ1) is 17.1. The molecule has 1 unspecified atom stereocenters. The number of hydrogen-bond acceptors (Lipinski definition) is 4. The van der Waals surface area contributed by atoms with E-state index in [1.165, 1.54) is 5.56 Å². The zero-order valence-electron chi connectivity index (χ0n) is 13.2. The van der Waals surface area contributed by atoms with Crippen molar-refractivity contribution in [2.75, 3.05) is 0 Å². The number of nitrogens with zero attached hydrogens (tertiary/aromatic N) is 1. The van der Waals surface area contributed by atoms with Crippen molar-refractivity contribution in [3.8, 4) is 5.75 Å². The van der Waals surface area contributed by atoms with E-state index in [2.05, 4.69) is 10.5 Å². The fraction of sp³-hybridized carbons (Fsp3) is 0.222. The standard InChI is InChI=1S/C18H20N2O2S/c1-13(16-8-10-17(21)11-9-16)19-20-18(22)14(2)23-12-15-6-4-3-5-7-15/h3-11,14,21H,12H2,1-2H3,(H,20,22)/b19-13+. The van der Waals surface area contributed by atoms with E-state index in [0.717, 1.165) is 11.3 Å².